The Bertz CT molecular complexity index is 1590. The van der Waals surface area contributed by atoms with Gasteiger partial charge in [0.2, 0.25) is 6.54 Å². The van der Waals surface area contributed by atoms with E-state index in [0.29, 0.717) is 6.54 Å². The van der Waals surface area contributed by atoms with Crippen molar-refractivity contribution in [2.45, 2.75) is 13.5 Å². The van der Waals surface area contributed by atoms with Gasteiger partial charge in [-0.25, -0.2) is 35.1 Å². The van der Waals surface area contributed by atoms with Crippen molar-refractivity contribution in [3.05, 3.63) is 150 Å². The molecule has 4 aromatic carbocycles. The van der Waals surface area contributed by atoms with Gasteiger partial charge >= 0.3 is 0 Å². The van der Waals surface area contributed by atoms with Crippen molar-refractivity contribution in [3.63, 3.8) is 0 Å². The molecule has 0 N–H and O–H groups in total. The molecule has 0 saturated carbocycles. The topological polar surface area (TPSA) is 20.9 Å². The van der Waals surface area contributed by atoms with Gasteiger partial charge < -0.3 is 0 Å². The van der Waals surface area contributed by atoms with Crippen LogP contribution in [0, 0.1) is 46.5 Å². The van der Waals surface area contributed by atoms with Crippen molar-refractivity contribution in [2.75, 3.05) is 0 Å². The molecule has 1 heterocycles. The SMILES string of the molecule is CC(=O)C[n+]1ccccc1.Fc1ccc([B-](c2ccc(F)cc2)(c2ccc(F)cc2)c2c(F)c(F)c(F)c(F)c2F)cc1. The number of Topliss-reactive ketones (excluding diaryl/α,β-unsaturated/α-hetero) is 1. The molecule has 5 aromatic rings. The van der Waals surface area contributed by atoms with Gasteiger partial charge in [-0.2, -0.15) is 21.0 Å². The van der Waals surface area contributed by atoms with Gasteiger partial charge in [0.15, 0.2) is 35.6 Å². The van der Waals surface area contributed by atoms with Crippen LogP contribution in [0.1, 0.15) is 6.92 Å². The number of nitrogens with zero attached hydrogens (tertiary/aromatic N) is 1. The monoisotopic (exact) mass is 599 g/mol. The minimum Gasteiger partial charge on any atom is -0.293 e. The lowest BCUT2D eigenvalue weighted by Gasteiger charge is -2.44. The zero-order valence-electron chi connectivity index (χ0n) is 22.5. The molecule has 220 valence electrons. The summed E-state index contributed by atoms with van der Waals surface area (Å²) in [4.78, 5) is 10.6. The molecule has 0 unspecified atom stereocenters. The van der Waals surface area contributed by atoms with Crippen LogP contribution in [0.5, 0.6) is 0 Å². The minimum atomic E-state index is -3.26. The van der Waals surface area contributed by atoms with Crippen molar-refractivity contribution < 1.29 is 44.5 Å². The molecular weight excluding hydrogens is 577 g/mol. The number of hydrogen-bond donors (Lipinski definition) is 0. The molecule has 0 amide bonds. The second-order valence-corrected chi connectivity index (χ2v) is 9.75. The highest BCUT2D eigenvalue weighted by Crippen LogP contribution is 2.21. The second kappa shape index (κ2) is 13.0. The Morgan fingerprint density at radius 2 is 0.860 bits per heavy atom. The summed E-state index contributed by atoms with van der Waals surface area (Å²) >= 11 is 0. The van der Waals surface area contributed by atoms with Crippen molar-refractivity contribution in [2.24, 2.45) is 0 Å². The summed E-state index contributed by atoms with van der Waals surface area (Å²) in [5, 5.41) is 0. The van der Waals surface area contributed by atoms with E-state index < -0.39 is 58.1 Å². The van der Waals surface area contributed by atoms with Gasteiger partial charge in [0, 0.05) is 19.1 Å². The van der Waals surface area contributed by atoms with Crippen molar-refractivity contribution >= 4 is 33.8 Å². The van der Waals surface area contributed by atoms with Crippen LogP contribution >= 0.6 is 0 Å². The molecule has 0 aliphatic rings. The van der Waals surface area contributed by atoms with Gasteiger partial charge in [0.05, 0.1) is 0 Å². The molecule has 1 aromatic heterocycles. The molecule has 5 rings (SSSR count). The largest absolute Gasteiger partial charge is 0.293 e. The molecule has 11 heteroatoms. The Balaban J connectivity index is 0.000000359. The Labute approximate surface area is 241 Å². The minimum absolute atomic E-state index is 0.0437. The Hall–Kier alpha value is -4.80. The Morgan fingerprint density at radius 1 is 0.535 bits per heavy atom. The van der Waals surface area contributed by atoms with Gasteiger partial charge in [0.25, 0.3) is 0 Å². The smallest absolute Gasteiger partial charge is 0.206 e. The number of aromatic nitrogens is 1. The number of ketones is 1. The normalized spacial score (nSPS) is 11.1. The van der Waals surface area contributed by atoms with Crippen molar-refractivity contribution in [3.8, 4) is 0 Å². The average molecular weight is 599 g/mol. The fourth-order valence-electron chi connectivity index (χ4n) is 5.13. The summed E-state index contributed by atoms with van der Waals surface area (Å²) in [7, 11) is 0. The van der Waals surface area contributed by atoms with Crippen LogP contribution in [0.4, 0.5) is 35.1 Å². The quantitative estimate of drug-likeness (QED) is 0.0909. The molecule has 0 aliphatic heterocycles. The standard InChI is InChI=1S/C24H12BF8.C8H10NO/c26-16-7-1-13(2-8-16)25(14-3-9-17(27)10-4-14,15-5-11-18(28)12-6-15)19-20(29)22(31)24(33)23(32)21(19)30;1-8(10)7-9-5-3-2-4-6-9/h1-12H;2-6H,7H2,1H3/q-1;+1. The summed E-state index contributed by atoms with van der Waals surface area (Å²) in [5.74, 6) is -12.9. The maximum atomic E-state index is 15.3. The van der Waals surface area contributed by atoms with E-state index in [1.54, 1.807) is 6.92 Å². The molecule has 0 fully saturated rings. The van der Waals surface area contributed by atoms with Crippen LogP contribution < -0.4 is 26.4 Å². The van der Waals surface area contributed by atoms with E-state index in [1.165, 1.54) is 0 Å². The maximum Gasteiger partial charge on any atom is 0.206 e. The maximum absolute atomic E-state index is 15.3. The van der Waals surface area contributed by atoms with E-state index >= 15 is 8.78 Å². The molecule has 0 saturated heterocycles. The van der Waals surface area contributed by atoms with Crippen molar-refractivity contribution in [1.29, 1.82) is 0 Å². The molecule has 0 spiro atoms. The number of benzene rings is 4. The second-order valence-electron chi connectivity index (χ2n) is 9.75. The first-order valence-corrected chi connectivity index (χ1v) is 12.9. The first kappa shape index (κ1) is 31.1. The zero-order valence-corrected chi connectivity index (χ0v) is 22.5. The van der Waals surface area contributed by atoms with Gasteiger partial charge in [-0.05, 0) is 36.4 Å². The fourth-order valence-corrected chi connectivity index (χ4v) is 5.13. The van der Waals surface area contributed by atoms with E-state index in [0.717, 1.165) is 72.8 Å². The lowest BCUT2D eigenvalue weighted by Crippen LogP contribution is -2.76. The number of hydrogen-bond acceptors (Lipinski definition) is 1. The average Bonchev–Trinajstić information content (AvgIpc) is 2.99. The highest BCUT2D eigenvalue weighted by Gasteiger charge is 2.39. The Morgan fingerprint density at radius 3 is 1.19 bits per heavy atom. The number of carbonyl (C=O) groups excluding carboxylic acids is 1. The lowest BCUT2D eigenvalue weighted by atomic mass is 9.13. The van der Waals surface area contributed by atoms with Gasteiger partial charge in [-0.15, -0.1) is 5.46 Å². The van der Waals surface area contributed by atoms with E-state index in [1.807, 2.05) is 35.2 Å². The molecule has 43 heavy (non-hydrogen) atoms. The highest BCUT2D eigenvalue weighted by atomic mass is 19.2. The van der Waals surface area contributed by atoms with E-state index in [4.69, 9.17) is 0 Å². The van der Waals surface area contributed by atoms with Gasteiger partial charge in [-0.1, -0.05) is 42.5 Å². The summed E-state index contributed by atoms with van der Waals surface area (Å²) in [6, 6.07) is 18.2. The molecule has 0 atom stereocenters. The van der Waals surface area contributed by atoms with Crippen LogP contribution in [0.15, 0.2) is 103 Å². The zero-order chi connectivity index (χ0) is 31.3. The number of pyridine rings is 1. The van der Waals surface area contributed by atoms with Gasteiger partial charge in [-0.3, -0.25) is 4.79 Å². The third-order valence-electron chi connectivity index (χ3n) is 6.97. The molecule has 0 aliphatic carbocycles. The third kappa shape index (κ3) is 6.35. The summed E-state index contributed by atoms with van der Waals surface area (Å²) in [5.41, 5.74) is -1.34. The molecular formula is C32H22BF8NO. The van der Waals surface area contributed by atoms with E-state index in [2.05, 4.69) is 0 Å². The van der Waals surface area contributed by atoms with Crippen molar-refractivity contribution in [1.82, 2.24) is 0 Å². The van der Waals surface area contributed by atoms with Gasteiger partial charge in [0.1, 0.15) is 35.2 Å². The number of rotatable bonds is 6. The first-order valence-electron chi connectivity index (χ1n) is 12.9. The first-order chi connectivity index (χ1) is 20.5. The summed E-state index contributed by atoms with van der Waals surface area (Å²) < 4.78 is 116. The lowest BCUT2D eigenvalue weighted by molar-refractivity contribution is -0.684. The third-order valence-corrected chi connectivity index (χ3v) is 6.97. The van der Waals surface area contributed by atoms with Crippen LogP contribution in [0.25, 0.3) is 0 Å². The fraction of sp³-hybridized carbons (Fsp3) is 0.0625. The van der Waals surface area contributed by atoms with E-state index in [9.17, 15) is 31.1 Å². The Kier molecular flexibility index (Phi) is 9.43. The molecule has 0 radical (unpaired) electrons. The van der Waals surface area contributed by atoms with Crippen LogP contribution in [0.3, 0.4) is 0 Å². The molecule has 2 nitrogen and oxygen atoms in total. The van der Waals surface area contributed by atoms with Crippen LogP contribution in [-0.4, -0.2) is 11.9 Å². The highest BCUT2D eigenvalue weighted by molar-refractivity contribution is 7.20. The predicted molar refractivity (Wildman–Crippen MR) is 147 cm³/mol. The van der Waals surface area contributed by atoms with Crippen LogP contribution in [0.2, 0.25) is 0 Å². The number of halogens is 8. The molecule has 0 bridgehead atoms. The summed E-state index contributed by atoms with van der Waals surface area (Å²) in [6.07, 6.45) is 0.494. The summed E-state index contributed by atoms with van der Waals surface area (Å²) in [6.45, 7) is 2.06. The number of carbonyl (C=O) groups is 1. The van der Waals surface area contributed by atoms with Crippen LogP contribution in [-0.2, 0) is 11.3 Å². The predicted octanol–water partition coefficient (Wildman–Crippen LogP) is 4.74. The van der Waals surface area contributed by atoms with E-state index in [-0.39, 0.29) is 22.2 Å².